The third-order valence-corrected chi connectivity index (χ3v) is 19.2. The molecule has 0 saturated heterocycles. The molecule has 18 nitrogen and oxygen atoms in total. The van der Waals surface area contributed by atoms with Crippen LogP contribution in [0.2, 0.25) is 0 Å². The molecule has 0 aliphatic heterocycles. The second kappa shape index (κ2) is 34.4. The zero-order valence-corrected chi connectivity index (χ0v) is 55.7. The standard InChI is InChI=1S/C62H87IN7O11P3/c1-12-70(13-2)55-37-47(28-29-56(55)76-34-22-32-66-61(72)81-62(6,7)8)26-27-49-36-52(67-57(38-49)82(9,73)78-14-3)35-46(30-33-65-44-54-41-51(63)42-59(69-54)84(11,75)80-16-5)23-20-21-31-64-43-53-39-50(40-58(68-53)83(10,74)79-15-4)60(71)77-45-48-24-18-17-19-25-48/h17-19,24-25,28-29,36-42,46,64-65H,12-16,20-23,30-35,43-45H2,1-11H3,(H,66,72). The maximum Gasteiger partial charge on any atom is 0.407 e. The molecule has 3 heterocycles. The van der Waals surface area contributed by atoms with E-state index in [9.17, 15) is 23.3 Å². The second-order valence-electron chi connectivity index (χ2n) is 21.3. The van der Waals surface area contributed by atoms with Crippen molar-refractivity contribution in [3.8, 4) is 17.6 Å². The highest BCUT2D eigenvalue weighted by Gasteiger charge is 2.26. The van der Waals surface area contributed by atoms with Gasteiger partial charge in [0, 0.05) is 73.1 Å². The molecule has 458 valence electrons. The summed E-state index contributed by atoms with van der Waals surface area (Å²) >= 11 is 2.22. The van der Waals surface area contributed by atoms with Crippen molar-refractivity contribution in [1.82, 2.24) is 30.9 Å². The van der Waals surface area contributed by atoms with Gasteiger partial charge in [0.1, 0.15) is 34.3 Å². The van der Waals surface area contributed by atoms with Crippen LogP contribution in [-0.4, -0.2) is 112 Å². The van der Waals surface area contributed by atoms with Crippen LogP contribution in [0.1, 0.15) is 132 Å². The molecule has 1 amide bonds. The number of nitrogens with one attached hydrogen (secondary N) is 3. The fourth-order valence-corrected chi connectivity index (χ4v) is 13.8. The lowest BCUT2D eigenvalue weighted by atomic mass is 9.92. The second-order valence-corrected chi connectivity index (χ2v) is 29.8. The van der Waals surface area contributed by atoms with Gasteiger partial charge in [-0.15, -0.1) is 0 Å². The lowest BCUT2D eigenvalue weighted by molar-refractivity contribution is 0.0470. The Bertz CT molecular complexity index is 3150. The fourth-order valence-electron chi connectivity index (χ4n) is 9.02. The van der Waals surface area contributed by atoms with Crippen LogP contribution in [-0.2, 0) is 62.9 Å². The zero-order valence-electron chi connectivity index (χ0n) is 50.9. The third-order valence-electron chi connectivity index (χ3n) is 13.1. The molecule has 0 saturated carbocycles. The number of alkyl carbamates (subject to hydrolysis) is 1. The van der Waals surface area contributed by atoms with E-state index in [0.717, 1.165) is 70.5 Å². The number of nitrogens with zero attached hydrogens (tertiary/aromatic N) is 4. The van der Waals surface area contributed by atoms with Gasteiger partial charge in [-0.2, -0.15) is 0 Å². The van der Waals surface area contributed by atoms with Crippen LogP contribution >= 0.6 is 44.7 Å². The maximum atomic E-state index is 14.1. The van der Waals surface area contributed by atoms with Gasteiger partial charge in [-0.1, -0.05) is 48.6 Å². The zero-order chi connectivity index (χ0) is 61.3. The molecule has 84 heavy (non-hydrogen) atoms. The van der Waals surface area contributed by atoms with E-state index in [4.69, 9.17) is 37.7 Å². The molecule has 0 fully saturated rings. The number of amides is 1. The first kappa shape index (κ1) is 69.8. The summed E-state index contributed by atoms with van der Waals surface area (Å²) < 4.78 is 76.3. The highest BCUT2D eigenvalue weighted by atomic mass is 127. The molecule has 0 spiro atoms. The Morgan fingerprint density at radius 1 is 0.655 bits per heavy atom. The monoisotopic (exact) mass is 1330 g/mol. The number of benzene rings is 2. The summed E-state index contributed by atoms with van der Waals surface area (Å²) in [6.45, 7) is 25.0. The van der Waals surface area contributed by atoms with E-state index in [1.165, 1.54) is 12.7 Å². The lowest BCUT2D eigenvalue weighted by Crippen LogP contribution is -2.33. The van der Waals surface area contributed by atoms with Crippen LogP contribution in [0.5, 0.6) is 5.75 Å². The summed E-state index contributed by atoms with van der Waals surface area (Å²) in [7, 11) is -9.75. The van der Waals surface area contributed by atoms with E-state index in [-0.39, 0.29) is 36.7 Å². The number of hydrogen-bond donors (Lipinski definition) is 3. The van der Waals surface area contributed by atoms with E-state index in [0.29, 0.717) is 86.7 Å². The first-order valence-corrected chi connectivity index (χ1v) is 36.3. The summed E-state index contributed by atoms with van der Waals surface area (Å²) in [5.41, 5.74) is 5.91. The summed E-state index contributed by atoms with van der Waals surface area (Å²) in [5.74, 6) is 7.03. The average molecular weight is 1330 g/mol. The van der Waals surface area contributed by atoms with Gasteiger partial charge in [-0.25, -0.2) is 24.5 Å². The third kappa shape index (κ3) is 23.7. The Morgan fingerprint density at radius 2 is 1.25 bits per heavy atom. The molecule has 5 rings (SSSR count). The quantitative estimate of drug-likeness (QED) is 0.0115. The maximum absolute atomic E-state index is 14.1. The van der Waals surface area contributed by atoms with Crippen molar-refractivity contribution in [1.29, 1.82) is 0 Å². The molecule has 0 aliphatic carbocycles. The van der Waals surface area contributed by atoms with Gasteiger partial charge in [0.15, 0.2) is 0 Å². The number of aromatic nitrogens is 3. The lowest BCUT2D eigenvalue weighted by Gasteiger charge is -2.24. The minimum Gasteiger partial charge on any atom is -0.491 e. The Balaban J connectivity index is 1.36. The number of hydrogen-bond acceptors (Lipinski definition) is 17. The Morgan fingerprint density at radius 3 is 1.88 bits per heavy atom. The van der Waals surface area contributed by atoms with E-state index >= 15 is 0 Å². The molecule has 0 radical (unpaired) electrons. The van der Waals surface area contributed by atoms with Crippen LogP contribution in [0.25, 0.3) is 0 Å². The SMILES string of the molecule is CCOP(C)(=O)c1cc(C(=O)OCc2ccccc2)cc(CNCCCCC(CCNCc2cc(I)cc(P(C)(=O)OCC)n2)Cc2cc(C#Cc3ccc(OCCCNC(=O)OC(C)(C)C)c(N(CC)CC)c3)cc(P(C)(=O)OCC)n2)n1. The smallest absolute Gasteiger partial charge is 0.407 e. The van der Waals surface area contributed by atoms with Crippen LogP contribution in [0.15, 0.2) is 84.9 Å². The van der Waals surface area contributed by atoms with Crippen molar-refractivity contribution in [3.05, 3.63) is 128 Å². The summed E-state index contributed by atoms with van der Waals surface area (Å²) in [6, 6.07) is 26.0. The van der Waals surface area contributed by atoms with Gasteiger partial charge >= 0.3 is 12.1 Å². The van der Waals surface area contributed by atoms with Crippen molar-refractivity contribution in [2.75, 3.05) is 84.0 Å². The Hall–Kier alpha value is -4.99. The van der Waals surface area contributed by atoms with Crippen molar-refractivity contribution in [3.63, 3.8) is 0 Å². The van der Waals surface area contributed by atoms with E-state index in [2.05, 4.69) is 74.1 Å². The van der Waals surface area contributed by atoms with Gasteiger partial charge in [0.2, 0.25) is 22.1 Å². The number of ether oxygens (including phenoxy) is 3. The minimum absolute atomic E-state index is 0.0929. The van der Waals surface area contributed by atoms with Crippen LogP contribution in [0, 0.1) is 21.3 Å². The highest BCUT2D eigenvalue weighted by molar-refractivity contribution is 14.1. The van der Waals surface area contributed by atoms with Gasteiger partial charge in [0.05, 0.1) is 49.1 Å². The molecular formula is C62H87IN7O11P3. The van der Waals surface area contributed by atoms with Crippen molar-refractivity contribution in [2.45, 2.75) is 119 Å². The van der Waals surface area contributed by atoms with E-state index in [1.54, 1.807) is 32.4 Å². The molecule has 0 bridgehead atoms. The van der Waals surface area contributed by atoms with Gasteiger partial charge in [-0.3, -0.25) is 13.7 Å². The number of rotatable bonds is 34. The van der Waals surface area contributed by atoms with Crippen LogP contribution in [0.4, 0.5) is 10.5 Å². The molecule has 5 aromatic rings. The number of unbranched alkanes of at least 4 members (excludes halogenated alkanes) is 1. The number of pyridine rings is 3. The largest absolute Gasteiger partial charge is 0.491 e. The number of esters is 1. The number of carbonyl (C=O) groups excluding carboxylic acids is 2. The van der Waals surface area contributed by atoms with Crippen LogP contribution < -0.4 is 41.9 Å². The first-order valence-electron chi connectivity index (χ1n) is 29.0. The molecule has 4 unspecified atom stereocenters. The first-order chi connectivity index (χ1) is 40.0. The van der Waals surface area contributed by atoms with Gasteiger partial charge < -0.3 is 48.6 Å². The summed E-state index contributed by atoms with van der Waals surface area (Å²) in [4.78, 5) is 42.1. The van der Waals surface area contributed by atoms with E-state index in [1.807, 2.05) is 101 Å². The predicted octanol–water partition coefficient (Wildman–Crippen LogP) is 11.4. The topological polar surface area (TPSA) is 219 Å². The van der Waals surface area contributed by atoms with Crippen LogP contribution in [0.3, 0.4) is 0 Å². The normalized spacial score (nSPS) is 14.0. The van der Waals surface area contributed by atoms with Gasteiger partial charge in [0.25, 0.3) is 0 Å². The molecule has 4 atom stereocenters. The molecule has 3 aromatic heterocycles. The molecular weight excluding hydrogens is 1240 g/mol. The number of anilines is 1. The number of carbonyl (C=O) groups is 2. The molecule has 22 heteroatoms. The fraction of sp³-hybridized carbons (Fsp3) is 0.500. The molecule has 0 aliphatic rings. The molecule has 2 aromatic carbocycles. The highest BCUT2D eigenvalue weighted by Crippen LogP contribution is 2.42. The van der Waals surface area contributed by atoms with E-state index < -0.39 is 39.8 Å². The van der Waals surface area contributed by atoms with Crippen molar-refractivity contribution < 1.29 is 51.1 Å². The predicted molar refractivity (Wildman–Crippen MR) is 345 cm³/mol. The van der Waals surface area contributed by atoms with Gasteiger partial charge in [-0.05, 0) is 189 Å². The van der Waals surface area contributed by atoms with Crippen molar-refractivity contribution >= 4 is 78.8 Å². The summed E-state index contributed by atoms with van der Waals surface area (Å²) in [5, 5.41) is 9.84. The number of halogens is 1. The Labute approximate surface area is 512 Å². The average Bonchev–Trinajstić information content (AvgIpc) is 3.56. The summed E-state index contributed by atoms with van der Waals surface area (Å²) in [6.07, 6.45) is 3.98. The molecule has 3 N–H and O–H groups in total. The Kier molecular flexibility index (Phi) is 28.6. The van der Waals surface area contributed by atoms with Crippen molar-refractivity contribution in [2.24, 2.45) is 5.92 Å². The minimum atomic E-state index is -3.33.